The van der Waals surface area contributed by atoms with E-state index in [0.29, 0.717) is 12.0 Å². The Kier molecular flexibility index (Phi) is 2.89. The van der Waals surface area contributed by atoms with E-state index in [-0.39, 0.29) is 0 Å². The third kappa shape index (κ3) is 1.93. The second kappa shape index (κ2) is 4.60. The maximum Gasteiger partial charge on any atom is 0.0509 e. The van der Waals surface area contributed by atoms with Gasteiger partial charge in [-0.05, 0) is 60.5 Å². The molecule has 2 heteroatoms. The van der Waals surface area contributed by atoms with Crippen LogP contribution in [0.3, 0.4) is 0 Å². The molecule has 0 amide bonds. The first-order chi connectivity index (χ1) is 9.36. The fourth-order valence-corrected chi connectivity index (χ4v) is 4.53. The van der Waals surface area contributed by atoms with Gasteiger partial charge in [-0.15, -0.1) is 0 Å². The molecule has 1 saturated heterocycles. The van der Waals surface area contributed by atoms with Crippen molar-refractivity contribution in [3.63, 3.8) is 0 Å². The van der Waals surface area contributed by atoms with Crippen LogP contribution in [0.2, 0.25) is 0 Å². The molecule has 1 aromatic carbocycles. The highest BCUT2D eigenvalue weighted by Gasteiger charge is 2.56. The fraction of sp³-hybridized carbons (Fsp3) is 0.647. The normalized spacial score (nSPS) is 38.2. The zero-order chi connectivity index (χ0) is 12.8. The van der Waals surface area contributed by atoms with Crippen molar-refractivity contribution in [2.24, 2.45) is 23.5 Å². The molecule has 0 spiro atoms. The predicted molar refractivity (Wildman–Crippen MR) is 76.0 cm³/mol. The van der Waals surface area contributed by atoms with Crippen LogP contribution >= 0.6 is 0 Å². The van der Waals surface area contributed by atoms with Gasteiger partial charge in [0, 0.05) is 12.6 Å². The van der Waals surface area contributed by atoms with Crippen molar-refractivity contribution in [3.8, 4) is 0 Å². The first-order valence-electron chi connectivity index (χ1n) is 7.77. The van der Waals surface area contributed by atoms with Crippen LogP contribution in [0.1, 0.15) is 36.3 Å². The van der Waals surface area contributed by atoms with Crippen LogP contribution < -0.4 is 5.73 Å². The van der Waals surface area contributed by atoms with Crippen LogP contribution in [-0.4, -0.2) is 19.3 Å². The van der Waals surface area contributed by atoms with Crippen LogP contribution in [-0.2, 0) is 11.2 Å². The van der Waals surface area contributed by atoms with E-state index < -0.39 is 0 Å². The van der Waals surface area contributed by atoms with Gasteiger partial charge in [0.25, 0.3) is 0 Å². The smallest absolute Gasteiger partial charge is 0.0509 e. The minimum absolute atomic E-state index is 0.349. The zero-order valence-electron chi connectivity index (χ0n) is 11.4. The summed E-state index contributed by atoms with van der Waals surface area (Å²) in [5.41, 5.74) is 9.75. The highest BCUT2D eigenvalue weighted by atomic mass is 16.5. The van der Waals surface area contributed by atoms with Crippen LogP contribution in [0.5, 0.6) is 0 Å². The van der Waals surface area contributed by atoms with Gasteiger partial charge in [0.2, 0.25) is 0 Å². The predicted octanol–water partition coefficient (Wildman–Crippen LogP) is 2.72. The van der Waals surface area contributed by atoms with Gasteiger partial charge >= 0.3 is 0 Å². The van der Waals surface area contributed by atoms with Crippen molar-refractivity contribution in [3.05, 3.63) is 35.4 Å². The van der Waals surface area contributed by atoms with Gasteiger partial charge in [-0.1, -0.05) is 24.3 Å². The number of nitrogens with two attached hydrogens (primary N) is 1. The van der Waals surface area contributed by atoms with Crippen molar-refractivity contribution in [1.29, 1.82) is 0 Å². The lowest BCUT2D eigenvalue weighted by molar-refractivity contribution is 0.0410. The maximum atomic E-state index is 6.59. The van der Waals surface area contributed by atoms with Crippen LogP contribution in [0.25, 0.3) is 0 Å². The minimum atomic E-state index is 0.349. The van der Waals surface area contributed by atoms with Crippen LogP contribution in [0.15, 0.2) is 24.3 Å². The molecule has 2 N–H and O–H groups in total. The molecular weight excluding hydrogens is 234 g/mol. The van der Waals surface area contributed by atoms with E-state index in [9.17, 15) is 0 Å². The number of aryl methyl sites for hydroxylation is 1. The molecule has 2 fully saturated rings. The monoisotopic (exact) mass is 257 g/mol. The number of fused-ring (bicyclic) bond motifs is 3. The molecule has 2 aliphatic carbocycles. The van der Waals surface area contributed by atoms with Crippen molar-refractivity contribution in [1.82, 2.24) is 0 Å². The van der Waals surface area contributed by atoms with E-state index in [0.717, 1.165) is 31.0 Å². The Morgan fingerprint density at radius 1 is 1.21 bits per heavy atom. The molecule has 1 aromatic rings. The molecule has 5 unspecified atom stereocenters. The van der Waals surface area contributed by atoms with Crippen molar-refractivity contribution in [2.45, 2.75) is 37.6 Å². The first kappa shape index (κ1) is 11.9. The molecule has 19 heavy (non-hydrogen) atoms. The molecule has 3 aliphatic rings. The highest BCUT2D eigenvalue weighted by Crippen LogP contribution is 2.61. The third-order valence-electron chi connectivity index (χ3n) is 5.57. The van der Waals surface area contributed by atoms with Gasteiger partial charge in [0.15, 0.2) is 0 Å². The molecular formula is C17H23NO. The molecule has 1 aliphatic heterocycles. The molecule has 0 radical (unpaired) electrons. The van der Waals surface area contributed by atoms with Crippen molar-refractivity contribution >= 4 is 0 Å². The topological polar surface area (TPSA) is 35.2 Å². The summed E-state index contributed by atoms with van der Waals surface area (Å²) in [6.07, 6.45) is 5.05. The quantitative estimate of drug-likeness (QED) is 0.884. The Bertz CT molecular complexity index is 466. The number of rotatable bonds is 2. The largest absolute Gasteiger partial charge is 0.381 e. The summed E-state index contributed by atoms with van der Waals surface area (Å²) in [5, 5.41) is 0. The van der Waals surface area contributed by atoms with E-state index in [1.54, 1.807) is 11.1 Å². The lowest BCUT2D eigenvalue weighted by Gasteiger charge is -2.28. The fourth-order valence-electron chi connectivity index (χ4n) is 4.53. The van der Waals surface area contributed by atoms with Gasteiger partial charge in [0.1, 0.15) is 0 Å². The summed E-state index contributed by atoms with van der Waals surface area (Å²) in [7, 11) is 0. The van der Waals surface area contributed by atoms with Crippen molar-refractivity contribution in [2.75, 3.05) is 13.2 Å². The average Bonchev–Trinajstić information content (AvgIpc) is 3.22. The van der Waals surface area contributed by atoms with E-state index in [4.69, 9.17) is 10.5 Å². The summed E-state index contributed by atoms with van der Waals surface area (Å²) in [5.74, 6) is 2.92. The summed E-state index contributed by atoms with van der Waals surface area (Å²) < 4.78 is 5.62. The van der Waals surface area contributed by atoms with Gasteiger partial charge in [-0.3, -0.25) is 0 Å². The SMILES string of the molecule is NC(C1CCCOC1)C1C2CCc3ccccc3C21. The maximum absolute atomic E-state index is 6.59. The Balaban J connectivity index is 1.53. The number of hydrogen-bond acceptors (Lipinski definition) is 2. The summed E-state index contributed by atoms with van der Waals surface area (Å²) in [6.45, 7) is 1.82. The first-order valence-corrected chi connectivity index (χ1v) is 7.77. The van der Waals surface area contributed by atoms with E-state index in [1.165, 1.54) is 25.7 Å². The van der Waals surface area contributed by atoms with Crippen molar-refractivity contribution < 1.29 is 4.74 Å². The Hall–Kier alpha value is -0.860. The standard InChI is InChI=1S/C17H23NO/c18-17(12-5-3-9-19-10-12)16-14-8-7-11-4-1-2-6-13(11)15(14)16/h1-2,4,6,12,14-17H,3,5,7-10,18H2. The summed E-state index contributed by atoms with van der Waals surface area (Å²) in [4.78, 5) is 0. The summed E-state index contributed by atoms with van der Waals surface area (Å²) in [6, 6.07) is 9.34. The molecule has 0 bridgehead atoms. The Labute approximate surface area is 115 Å². The van der Waals surface area contributed by atoms with E-state index in [2.05, 4.69) is 24.3 Å². The Morgan fingerprint density at radius 2 is 2.11 bits per heavy atom. The van der Waals surface area contributed by atoms with E-state index in [1.807, 2.05) is 0 Å². The molecule has 102 valence electrons. The zero-order valence-corrected chi connectivity index (χ0v) is 11.4. The minimum Gasteiger partial charge on any atom is -0.381 e. The molecule has 1 heterocycles. The number of benzene rings is 1. The average molecular weight is 257 g/mol. The van der Waals surface area contributed by atoms with Gasteiger partial charge in [-0.2, -0.15) is 0 Å². The highest BCUT2D eigenvalue weighted by molar-refractivity contribution is 5.40. The third-order valence-corrected chi connectivity index (χ3v) is 5.57. The second-order valence-electron chi connectivity index (χ2n) is 6.56. The molecule has 5 atom stereocenters. The lowest BCUT2D eigenvalue weighted by atomic mass is 9.89. The lowest BCUT2D eigenvalue weighted by Crippen LogP contribution is -2.38. The summed E-state index contributed by atoms with van der Waals surface area (Å²) >= 11 is 0. The van der Waals surface area contributed by atoms with Crippen LogP contribution in [0.4, 0.5) is 0 Å². The molecule has 0 aromatic heterocycles. The number of hydrogen-bond donors (Lipinski definition) is 1. The molecule has 2 nitrogen and oxygen atoms in total. The van der Waals surface area contributed by atoms with Gasteiger partial charge in [0.05, 0.1) is 6.61 Å². The van der Waals surface area contributed by atoms with Crippen LogP contribution in [0, 0.1) is 17.8 Å². The molecule has 1 saturated carbocycles. The Morgan fingerprint density at radius 3 is 2.95 bits per heavy atom. The van der Waals surface area contributed by atoms with Gasteiger partial charge in [-0.25, -0.2) is 0 Å². The second-order valence-corrected chi connectivity index (χ2v) is 6.56. The molecule has 4 rings (SSSR count). The van der Waals surface area contributed by atoms with Gasteiger partial charge < -0.3 is 10.5 Å². The van der Waals surface area contributed by atoms with E-state index >= 15 is 0 Å². The number of ether oxygens (including phenoxy) is 1.